The van der Waals surface area contributed by atoms with Crippen molar-refractivity contribution in [3.05, 3.63) is 81.1 Å². The van der Waals surface area contributed by atoms with Crippen LogP contribution in [-0.2, 0) is 9.59 Å². The number of benzene rings is 2. The summed E-state index contributed by atoms with van der Waals surface area (Å²) >= 11 is 10.7. The minimum Gasteiger partial charge on any atom is -0.449 e. The van der Waals surface area contributed by atoms with E-state index in [1.54, 1.807) is 30.3 Å². The van der Waals surface area contributed by atoms with Gasteiger partial charge in [0.2, 0.25) is 5.91 Å². The number of imide groups is 1. The van der Waals surface area contributed by atoms with E-state index in [2.05, 4.69) is 26.6 Å². The molecule has 0 saturated carbocycles. The highest BCUT2D eigenvalue weighted by molar-refractivity contribution is 9.10. The number of nitrogens with one attached hydrogen (secondary N) is 2. The van der Waals surface area contributed by atoms with Crippen LogP contribution in [-0.4, -0.2) is 29.3 Å². The lowest BCUT2D eigenvalue weighted by atomic mass is 10.2. The Kier molecular flexibility index (Phi) is 6.92. The van der Waals surface area contributed by atoms with Crippen LogP contribution in [0.5, 0.6) is 0 Å². The molecule has 33 heavy (non-hydrogen) atoms. The van der Waals surface area contributed by atoms with Crippen LogP contribution in [0.2, 0.25) is 5.02 Å². The Morgan fingerprint density at radius 3 is 2.58 bits per heavy atom. The molecule has 0 aliphatic carbocycles. The lowest BCUT2D eigenvalue weighted by Gasteiger charge is -2.12. The van der Waals surface area contributed by atoms with Gasteiger partial charge in [0.05, 0.1) is 4.47 Å². The summed E-state index contributed by atoms with van der Waals surface area (Å²) in [5.74, 6) is -0.725. The van der Waals surface area contributed by atoms with Crippen molar-refractivity contribution in [1.82, 2.24) is 10.2 Å². The molecule has 3 aromatic rings. The van der Waals surface area contributed by atoms with Crippen LogP contribution in [0.15, 0.2) is 79.2 Å². The fourth-order valence-corrected chi connectivity index (χ4v) is 4.41. The van der Waals surface area contributed by atoms with E-state index in [9.17, 15) is 14.4 Å². The van der Waals surface area contributed by atoms with Gasteiger partial charge in [-0.1, -0.05) is 41.1 Å². The quantitative estimate of drug-likeness (QED) is 0.306. The topological polar surface area (TPSA) is 91.7 Å². The Morgan fingerprint density at radius 1 is 1.18 bits per heavy atom. The number of rotatable bonds is 6. The van der Waals surface area contributed by atoms with Crippen LogP contribution >= 0.6 is 39.3 Å². The first-order valence-electron chi connectivity index (χ1n) is 9.72. The standard InChI is InChI=1S/C23H17BrClN3O4S/c1-13-2-6-15(7-3-13)26-20(29)12-28-21(30)19(27-23(28)31)11-16-10-18(24)22(32-16)33-17-8-4-14(25)5-9-17/h2-11H,12H2,1H3,(H,26,29)(H,27,31). The third kappa shape index (κ3) is 5.68. The smallest absolute Gasteiger partial charge is 0.329 e. The summed E-state index contributed by atoms with van der Waals surface area (Å²) in [6.07, 6.45) is 1.43. The highest BCUT2D eigenvalue weighted by Gasteiger charge is 2.35. The van der Waals surface area contributed by atoms with E-state index in [0.29, 0.717) is 26.0 Å². The van der Waals surface area contributed by atoms with Gasteiger partial charge in [0.1, 0.15) is 18.0 Å². The molecule has 10 heteroatoms. The molecule has 4 amide bonds. The molecular formula is C23H17BrClN3O4S. The predicted molar refractivity (Wildman–Crippen MR) is 130 cm³/mol. The molecule has 1 aliphatic heterocycles. The van der Waals surface area contributed by atoms with Crippen LogP contribution in [0.3, 0.4) is 0 Å². The Bertz CT molecular complexity index is 1260. The monoisotopic (exact) mass is 545 g/mol. The van der Waals surface area contributed by atoms with Crippen LogP contribution in [0.4, 0.5) is 10.5 Å². The molecular weight excluding hydrogens is 530 g/mol. The zero-order chi connectivity index (χ0) is 23.5. The number of hydrogen-bond donors (Lipinski definition) is 2. The van der Waals surface area contributed by atoms with E-state index in [0.717, 1.165) is 15.4 Å². The highest BCUT2D eigenvalue weighted by atomic mass is 79.9. The SMILES string of the molecule is Cc1ccc(NC(=O)CN2C(=O)NC(=Cc3cc(Br)c(Sc4ccc(Cl)cc4)o3)C2=O)cc1. The van der Waals surface area contributed by atoms with Crippen LogP contribution < -0.4 is 10.6 Å². The molecule has 1 aliphatic rings. The Morgan fingerprint density at radius 2 is 1.88 bits per heavy atom. The van der Waals surface area contributed by atoms with Gasteiger partial charge in [-0.05, 0) is 65.3 Å². The van der Waals surface area contributed by atoms with E-state index in [4.69, 9.17) is 16.0 Å². The molecule has 0 spiro atoms. The molecule has 0 atom stereocenters. The first-order chi connectivity index (χ1) is 15.8. The molecule has 0 unspecified atom stereocenters. The number of amides is 4. The molecule has 1 fully saturated rings. The molecule has 0 radical (unpaired) electrons. The van der Waals surface area contributed by atoms with Crippen molar-refractivity contribution >= 4 is 68.9 Å². The molecule has 0 bridgehead atoms. The van der Waals surface area contributed by atoms with Crippen LogP contribution in [0.1, 0.15) is 11.3 Å². The summed E-state index contributed by atoms with van der Waals surface area (Å²) in [7, 11) is 0. The molecule has 2 aromatic carbocycles. The van der Waals surface area contributed by atoms with Crippen molar-refractivity contribution in [3.63, 3.8) is 0 Å². The average molecular weight is 547 g/mol. The second-order valence-corrected chi connectivity index (χ2v) is 9.47. The second-order valence-electron chi connectivity index (χ2n) is 7.13. The van der Waals surface area contributed by atoms with Gasteiger partial charge in [-0.15, -0.1) is 0 Å². The third-order valence-corrected chi connectivity index (χ3v) is 6.68. The summed E-state index contributed by atoms with van der Waals surface area (Å²) in [6.45, 7) is 1.53. The van der Waals surface area contributed by atoms with Crippen molar-refractivity contribution in [2.45, 2.75) is 16.9 Å². The fourth-order valence-electron chi connectivity index (χ4n) is 2.96. The lowest BCUT2D eigenvalue weighted by molar-refractivity contribution is -0.127. The van der Waals surface area contributed by atoms with E-state index in [1.807, 2.05) is 31.2 Å². The maximum Gasteiger partial charge on any atom is 0.329 e. The van der Waals surface area contributed by atoms with Crippen LogP contribution in [0.25, 0.3) is 6.08 Å². The summed E-state index contributed by atoms with van der Waals surface area (Å²) in [6, 6.07) is 15.5. The summed E-state index contributed by atoms with van der Waals surface area (Å²) in [5.41, 5.74) is 1.66. The Balaban J connectivity index is 1.43. The number of anilines is 1. The number of hydrogen-bond acceptors (Lipinski definition) is 5. The average Bonchev–Trinajstić information content (AvgIpc) is 3.24. The van der Waals surface area contributed by atoms with Crippen molar-refractivity contribution in [1.29, 1.82) is 0 Å². The van der Waals surface area contributed by atoms with Gasteiger partial charge in [0.25, 0.3) is 5.91 Å². The van der Waals surface area contributed by atoms with Gasteiger partial charge in [0.15, 0.2) is 5.09 Å². The molecule has 1 saturated heterocycles. The normalized spacial score (nSPS) is 14.6. The largest absolute Gasteiger partial charge is 0.449 e. The molecule has 1 aromatic heterocycles. The van der Waals surface area contributed by atoms with Crippen molar-refractivity contribution < 1.29 is 18.8 Å². The number of carbonyl (C=O) groups excluding carboxylic acids is 3. The highest BCUT2D eigenvalue weighted by Crippen LogP contribution is 2.37. The number of nitrogens with zero attached hydrogens (tertiary/aromatic N) is 1. The van der Waals surface area contributed by atoms with E-state index in [-0.39, 0.29) is 5.70 Å². The first-order valence-corrected chi connectivity index (χ1v) is 11.7. The molecule has 2 N–H and O–H groups in total. The van der Waals surface area contributed by atoms with E-state index >= 15 is 0 Å². The van der Waals surface area contributed by atoms with Crippen molar-refractivity contribution in [2.75, 3.05) is 11.9 Å². The summed E-state index contributed by atoms with van der Waals surface area (Å²) in [5, 5.41) is 6.37. The number of carbonyl (C=O) groups is 3. The van der Waals surface area contributed by atoms with Gasteiger partial charge in [-0.3, -0.25) is 9.59 Å². The minimum atomic E-state index is -0.674. The summed E-state index contributed by atoms with van der Waals surface area (Å²) < 4.78 is 6.50. The van der Waals surface area contributed by atoms with Gasteiger partial charge >= 0.3 is 6.03 Å². The molecule has 168 valence electrons. The fraction of sp³-hybridized carbons (Fsp3) is 0.0870. The first kappa shape index (κ1) is 23.2. The van der Waals surface area contributed by atoms with Crippen LogP contribution in [0, 0.1) is 6.92 Å². The summed E-state index contributed by atoms with van der Waals surface area (Å²) in [4.78, 5) is 39.0. The Labute approximate surface area is 207 Å². The van der Waals surface area contributed by atoms with Crippen molar-refractivity contribution in [2.24, 2.45) is 0 Å². The zero-order valence-electron chi connectivity index (χ0n) is 17.2. The van der Waals surface area contributed by atoms with Gasteiger partial charge < -0.3 is 15.1 Å². The number of furan rings is 1. The minimum absolute atomic E-state index is 0.0208. The number of halogens is 2. The van der Waals surface area contributed by atoms with E-state index in [1.165, 1.54) is 17.8 Å². The number of urea groups is 1. The molecule has 7 nitrogen and oxygen atoms in total. The molecule has 2 heterocycles. The van der Waals surface area contributed by atoms with E-state index < -0.39 is 24.4 Å². The maximum absolute atomic E-state index is 12.7. The second kappa shape index (κ2) is 9.86. The van der Waals surface area contributed by atoms with Gasteiger partial charge in [-0.2, -0.15) is 0 Å². The lowest BCUT2D eigenvalue weighted by Crippen LogP contribution is -2.38. The maximum atomic E-state index is 12.7. The third-order valence-electron chi connectivity index (χ3n) is 4.58. The van der Waals surface area contributed by atoms with Crippen molar-refractivity contribution in [3.8, 4) is 0 Å². The Hall–Kier alpha value is -3.01. The number of aryl methyl sites for hydroxylation is 1. The van der Waals surface area contributed by atoms with Gasteiger partial charge in [0, 0.05) is 21.7 Å². The molecule has 4 rings (SSSR count). The van der Waals surface area contributed by atoms with Gasteiger partial charge in [-0.25, -0.2) is 9.69 Å². The zero-order valence-corrected chi connectivity index (χ0v) is 20.4. The predicted octanol–water partition coefficient (Wildman–Crippen LogP) is 5.69.